The monoisotopic (exact) mass is 412 g/mol. The molecule has 0 spiro atoms. The largest absolute Gasteiger partial charge is 0.493 e. The van der Waals surface area contributed by atoms with Gasteiger partial charge in [-0.3, -0.25) is 19.8 Å². The van der Waals surface area contributed by atoms with Gasteiger partial charge >= 0.3 is 0 Å². The van der Waals surface area contributed by atoms with Gasteiger partial charge in [0.15, 0.2) is 16.6 Å². The standard InChI is InChI=1S/C21H20N2O5S/c1-12-6-5-7-14(8-12)23-20(25)15(19(24)22-21(23)29)9-13-10-16(26-2)18(28-4)17(11-13)27-3/h5-11H,1-4H3,(H,22,24,29)/b15-9+. The molecule has 3 rings (SSSR count). The van der Waals surface area contributed by atoms with Crippen molar-refractivity contribution in [1.29, 1.82) is 0 Å². The van der Waals surface area contributed by atoms with Crippen molar-refractivity contribution in [2.45, 2.75) is 6.92 Å². The summed E-state index contributed by atoms with van der Waals surface area (Å²) in [4.78, 5) is 26.9. The summed E-state index contributed by atoms with van der Waals surface area (Å²) >= 11 is 5.23. The van der Waals surface area contributed by atoms with Crippen LogP contribution < -0.4 is 24.4 Å². The molecule has 0 bridgehead atoms. The van der Waals surface area contributed by atoms with Crippen LogP contribution in [0.25, 0.3) is 6.08 Å². The predicted octanol–water partition coefficient (Wildman–Crippen LogP) is 2.85. The van der Waals surface area contributed by atoms with Crippen molar-refractivity contribution in [3.05, 3.63) is 53.1 Å². The van der Waals surface area contributed by atoms with Crippen molar-refractivity contribution in [3.63, 3.8) is 0 Å². The molecule has 1 N–H and O–H groups in total. The smallest absolute Gasteiger partial charge is 0.270 e. The van der Waals surface area contributed by atoms with Gasteiger partial charge in [0, 0.05) is 0 Å². The molecular weight excluding hydrogens is 392 g/mol. The third-order valence-corrected chi connectivity index (χ3v) is 4.64. The molecule has 1 heterocycles. The third kappa shape index (κ3) is 3.93. The highest BCUT2D eigenvalue weighted by molar-refractivity contribution is 7.80. The average Bonchev–Trinajstić information content (AvgIpc) is 2.70. The van der Waals surface area contributed by atoms with E-state index >= 15 is 0 Å². The number of carbonyl (C=O) groups excluding carboxylic acids is 2. The fraction of sp³-hybridized carbons (Fsp3) is 0.190. The van der Waals surface area contributed by atoms with E-state index < -0.39 is 11.8 Å². The van der Waals surface area contributed by atoms with Gasteiger partial charge in [0.2, 0.25) is 5.75 Å². The highest BCUT2D eigenvalue weighted by atomic mass is 32.1. The molecule has 2 aromatic carbocycles. The molecule has 7 nitrogen and oxygen atoms in total. The Balaban J connectivity index is 2.07. The number of amides is 2. The van der Waals surface area contributed by atoms with Crippen LogP contribution in [-0.4, -0.2) is 38.3 Å². The van der Waals surface area contributed by atoms with Crippen LogP contribution in [0.5, 0.6) is 17.2 Å². The Labute approximate surface area is 173 Å². The van der Waals surface area contributed by atoms with Crippen LogP contribution in [0, 0.1) is 6.92 Å². The number of rotatable bonds is 5. The minimum absolute atomic E-state index is 0.0349. The molecule has 1 fully saturated rings. The maximum atomic E-state index is 13.1. The minimum Gasteiger partial charge on any atom is -0.493 e. The van der Waals surface area contributed by atoms with Crippen LogP contribution in [0.4, 0.5) is 5.69 Å². The molecular formula is C21H20N2O5S. The lowest BCUT2D eigenvalue weighted by atomic mass is 10.1. The maximum absolute atomic E-state index is 13.1. The summed E-state index contributed by atoms with van der Waals surface area (Å²) in [5.41, 5.74) is 2.02. The quantitative estimate of drug-likeness (QED) is 0.462. The molecule has 0 radical (unpaired) electrons. The fourth-order valence-electron chi connectivity index (χ4n) is 3.01. The molecule has 1 saturated heterocycles. The summed E-state index contributed by atoms with van der Waals surface area (Å²) in [6.45, 7) is 1.91. The summed E-state index contributed by atoms with van der Waals surface area (Å²) < 4.78 is 16.0. The number of carbonyl (C=O) groups is 2. The zero-order chi connectivity index (χ0) is 21.1. The molecule has 8 heteroatoms. The van der Waals surface area contributed by atoms with Crippen LogP contribution in [0.3, 0.4) is 0 Å². The summed E-state index contributed by atoms with van der Waals surface area (Å²) in [7, 11) is 4.48. The lowest BCUT2D eigenvalue weighted by Crippen LogP contribution is -2.54. The Hall–Kier alpha value is -3.39. The average molecular weight is 412 g/mol. The number of ether oxygens (including phenoxy) is 3. The first-order valence-corrected chi connectivity index (χ1v) is 9.08. The highest BCUT2D eigenvalue weighted by Crippen LogP contribution is 2.39. The van der Waals surface area contributed by atoms with E-state index in [9.17, 15) is 9.59 Å². The molecule has 2 aromatic rings. The van der Waals surface area contributed by atoms with Gasteiger partial charge in [0.25, 0.3) is 11.8 Å². The van der Waals surface area contributed by atoms with E-state index in [0.717, 1.165) is 5.56 Å². The Kier molecular flexibility index (Phi) is 5.84. The number of methoxy groups -OCH3 is 3. The van der Waals surface area contributed by atoms with Gasteiger partial charge in [0.1, 0.15) is 5.57 Å². The number of aryl methyl sites for hydroxylation is 1. The number of nitrogens with zero attached hydrogens (tertiary/aromatic N) is 1. The first kappa shape index (κ1) is 20.3. The zero-order valence-corrected chi connectivity index (χ0v) is 17.3. The number of hydrogen-bond acceptors (Lipinski definition) is 6. The van der Waals surface area contributed by atoms with E-state index in [1.165, 1.54) is 32.3 Å². The second-order valence-electron chi connectivity index (χ2n) is 6.26. The second kappa shape index (κ2) is 8.32. The molecule has 1 aliphatic heterocycles. The molecule has 0 saturated carbocycles. The summed E-state index contributed by atoms with van der Waals surface area (Å²) in [6, 6.07) is 10.6. The number of benzene rings is 2. The van der Waals surface area contributed by atoms with Gasteiger partial charge in [-0.2, -0.15) is 0 Å². The van der Waals surface area contributed by atoms with Crippen LogP contribution in [0.1, 0.15) is 11.1 Å². The van der Waals surface area contributed by atoms with Crippen LogP contribution >= 0.6 is 12.2 Å². The normalized spacial score (nSPS) is 15.4. The highest BCUT2D eigenvalue weighted by Gasteiger charge is 2.34. The minimum atomic E-state index is -0.572. The molecule has 0 atom stereocenters. The van der Waals surface area contributed by atoms with E-state index in [0.29, 0.717) is 28.5 Å². The maximum Gasteiger partial charge on any atom is 0.270 e. The third-order valence-electron chi connectivity index (χ3n) is 4.36. The van der Waals surface area contributed by atoms with Gasteiger partial charge in [-0.05, 0) is 60.6 Å². The first-order valence-electron chi connectivity index (χ1n) is 8.67. The lowest BCUT2D eigenvalue weighted by Gasteiger charge is -2.29. The Morgan fingerprint density at radius 3 is 2.21 bits per heavy atom. The zero-order valence-electron chi connectivity index (χ0n) is 16.4. The topological polar surface area (TPSA) is 77.1 Å². The van der Waals surface area contributed by atoms with E-state index in [1.807, 2.05) is 25.1 Å². The molecule has 29 heavy (non-hydrogen) atoms. The molecule has 2 amide bonds. The van der Waals surface area contributed by atoms with Crippen molar-refractivity contribution in [2.24, 2.45) is 0 Å². The lowest BCUT2D eigenvalue weighted by molar-refractivity contribution is -0.122. The van der Waals surface area contributed by atoms with Crippen molar-refractivity contribution in [1.82, 2.24) is 5.32 Å². The van der Waals surface area contributed by atoms with Crippen molar-refractivity contribution in [3.8, 4) is 17.2 Å². The molecule has 0 unspecified atom stereocenters. The van der Waals surface area contributed by atoms with Crippen molar-refractivity contribution in [2.75, 3.05) is 26.2 Å². The van der Waals surface area contributed by atoms with E-state index in [1.54, 1.807) is 18.2 Å². The van der Waals surface area contributed by atoms with E-state index in [2.05, 4.69) is 5.32 Å². The van der Waals surface area contributed by atoms with Gasteiger partial charge in [-0.15, -0.1) is 0 Å². The summed E-state index contributed by atoms with van der Waals surface area (Å²) in [5.74, 6) is 0.150. The Morgan fingerprint density at radius 2 is 1.66 bits per heavy atom. The summed E-state index contributed by atoms with van der Waals surface area (Å²) in [5, 5.41) is 2.60. The van der Waals surface area contributed by atoms with Gasteiger partial charge in [-0.25, -0.2) is 0 Å². The van der Waals surface area contributed by atoms with Crippen molar-refractivity contribution < 1.29 is 23.8 Å². The predicted molar refractivity (Wildman–Crippen MR) is 113 cm³/mol. The molecule has 1 aliphatic rings. The van der Waals surface area contributed by atoms with Gasteiger partial charge in [-0.1, -0.05) is 12.1 Å². The first-order chi connectivity index (χ1) is 13.9. The summed E-state index contributed by atoms with van der Waals surface area (Å²) in [6.07, 6.45) is 1.46. The van der Waals surface area contributed by atoms with E-state index in [4.69, 9.17) is 26.4 Å². The van der Waals surface area contributed by atoms with Crippen LogP contribution in [-0.2, 0) is 9.59 Å². The van der Waals surface area contributed by atoms with Crippen LogP contribution in [0.15, 0.2) is 42.0 Å². The number of nitrogens with one attached hydrogen (secondary N) is 1. The SMILES string of the molecule is COc1cc(/C=C2\C(=O)NC(=S)N(c3cccc(C)c3)C2=O)cc(OC)c1OC. The second-order valence-corrected chi connectivity index (χ2v) is 6.64. The van der Waals surface area contributed by atoms with Gasteiger partial charge in [0.05, 0.1) is 27.0 Å². The number of thiocarbonyl (C=S) groups is 1. The van der Waals surface area contributed by atoms with Crippen LogP contribution in [0.2, 0.25) is 0 Å². The van der Waals surface area contributed by atoms with Gasteiger partial charge < -0.3 is 14.2 Å². The van der Waals surface area contributed by atoms with E-state index in [-0.39, 0.29) is 10.7 Å². The van der Waals surface area contributed by atoms with Crippen molar-refractivity contribution >= 4 is 40.9 Å². The number of hydrogen-bond donors (Lipinski definition) is 1. The fourth-order valence-corrected chi connectivity index (χ4v) is 3.29. The molecule has 0 aliphatic carbocycles. The molecule has 0 aromatic heterocycles. The number of anilines is 1. The molecule has 150 valence electrons. The Bertz CT molecular complexity index is 1010. The Morgan fingerprint density at radius 1 is 1.00 bits per heavy atom.